The van der Waals surface area contributed by atoms with Gasteiger partial charge in [-0.1, -0.05) is 0 Å². The van der Waals surface area contributed by atoms with Crippen LogP contribution in [0.25, 0.3) is 0 Å². The van der Waals surface area contributed by atoms with Gasteiger partial charge in [-0.2, -0.15) is 0 Å². The van der Waals surface area contributed by atoms with Gasteiger partial charge in [-0.3, -0.25) is 14.4 Å². The van der Waals surface area contributed by atoms with Gasteiger partial charge in [0.05, 0.1) is 19.0 Å². The molecule has 1 aliphatic rings. The third kappa shape index (κ3) is 4.39. The lowest BCUT2D eigenvalue weighted by molar-refractivity contribution is -0.141. The van der Waals surface area contributed by atoms with Crippen LogP contribution in [0.3, 0.4) is 0 Å². The molecule has 0 aromatic rings. The van der Waals surface area contributed by atoms with Gasteiger partial charge in [0.15, 0.2) is 0 Å². The minimum absolute atomic E-state index is 0.206. The molecule has 0 spiro atoms. The highest BCUT2D eigenvalue weighted by Gasteiger charge is 2.27. The molecule has 1 heterocycles. The third-order valence-corrected chi connectivity index (χ3v) is 2.65. The Morgan fingerprint density at radius 2 is 1.76 bits per heavy atom. The maximum absolute atomic E-state index is 12.0. The lowest BCUT2D eigenvalue weighted by Gasteiger charge is -2.28. The van der Waals surface area contributed by atoms with E-state index in [1.54, 1.807) is 0 Å². The first kappa shape index (κ1) is 13.4. The Labute approximate surface area is 99.5 Å². The lowest BCUT2D eigenvalue weighted by Crippen LogP contribution is -2.48. The molecule has 1 saturated heterocycles. The molecule has 1 atom stereocenters. The molecule has 3 amide bonds. The van der Waals surface area contributed by atoms with Crippen molar-refractivity contribution in [1.29, 1.82) is 0 Å². The number of rotatable bonds is 5. The van der Waals surface area contributed by atoms with Crippen molar-refractivity contribution in [1.82, 2.24) is 10.2 Å². The van der Waals surface area contributed by atoms with Gasteiger partial charge < -0.3 is 21.7 Å². The van der Waals surface area contributed by atoms with Crippen molar-refractivity contribution in [2.24, 2.45) is 17.4 Å². The largest absolute Gasteiger partial charge is 0.368 e. The molecule has 0 bridgehead atoms. The second-order valence-electron chi connectivity index (χ2n) is 4.17. The van der Waals surface area contributed by atoms with Gasteiger partial charge in [-0.25, -0.2) is 0 Å². The van der Waals surface area contributed by atoms with Crippen LogP contribution >= 0.6 is 0 Å². The van der Waals surface area contributed by atoms with E-state index in [1.165, 1.54) is 0 Å². The number of carbonyl (C=O) groups is 3. The summed E-state index contributed by atoms with van der Waals surface area (Å²) >= 11 is 0. The lowest BCUT2D eigenvalue weighted by atomic mass is 9.98. The summed E-state index contributed by atoms with van der Waals surface area (Å²) < 4.78 is 0. The number of nitrogens with zero attached hydrogens (tertiary/aromatic N) is 1. The molecule has 0 aromatic heterocycles. The topological polar surface area (TPSA) is 119 Å². The van der Waals surface area contributed by atoms with E-state index in [0.29, 0.717) is 6.54 Å². The predicted molar refractivity (Wildman–Crippen MR) is 60.6 cm³/mol. The van der Waals surface area contributed by atoms with Crippen LogP contribution in [0.5, 0.6) is 0 Å². The number of hydrogen-bond acceptors (Lipinski definition) is 4. The molecule has 0 aromatic carbocycles. The van der Waals surface area contributed by atoms with Crippen LogP contribution in [0.4, 0.5) is 0 Å². The van der Waals surface area contributed by atoms with Crippen LogP contribution in [-0.4, -0.2) is 48.8 Å². The summed E-state index contributed by atoms with van der Waals surface area (Å²) in [6, 6.07) is 0. The zero-order valence-corrected chi connectivity index (χ0v) is 9.65. The third-order valence-electron chi connectivity index (χ3n) is 2.65. The quantitative estimate of drug-likeness (QED) is 0.506. The fraction of sp³-hybridized carbons (Fsp3) is 0.700. The Kier molecular flexibility index (Phi) is 4.89. The zero-order valence-electron chi connectivity index (χ0n) is 9.65. The van der Waals surface area contributed by atoms with Crippen LogP contribution in [-0.2, 0) is 14.4 Å². The highest BCUT2D eigenvalue weighted by atomic mass is 16.2. The summed E-state index contributed by atoms with van der Waals surface area (Å²) in [5.41, 5.74) is 10.1. The number of nitrogens with one attached hydrogen (secondary N) is 1. The SMILES string of the molecule is NC(=O)CN(CC(N)=O)C(=O)[C@@H]1CCCNC1. The molecule has 0 saturated carbocycles. The van der Waals surface area contributed by atoms with Crippen molar-refractivity contribution in [2.75, 3.05) is 26.2 Å². The number of primary amides is 2. The first-order chi connectivity index (χ1) is 8.00. The molecule has 7 heteroatoms. The molecule has 0 aliphatic carbocycles. The summed E-state index contributed by atoms with van der Waals surface area (Å²) in [4.78, 5) is 34.8. The average Bonchev–Trinajstić information content (AvgIpc) is 2.27. The minimum Gasteiger partial charge on any atom is -0.368 e. The van der Waals surface area contributed by atoms with Gasteiger partial charge in [0.1, 0.15) is 0 Å². The molecule has 7 nitrogen and oxygen atoms in total. The number of piperidine rings is 1. The van der Waals surface area contributed by atoms with Crippen LogP contribution in [0.15, 0.2) is 0 Å². The summed E-state index contributed by atoms with van der Waals surface area (Å²) in [7, 11) is 0. The van der Waals surface area contributed by atoms with E-state index >= 15 is 0 Å². The number of hydrogen-bond donors (Lipinski definition) is 3. The molecule has 0 radical (unpaired) electrons. The van der Waals surface area contributed by atoms with E-state index in [0.717, 1.165) is 24.3 Å². The van der Waals surface area contributed by atoms with Crippen molar-refractivity contribution < 1.29 is 14.4 Å². The van der Waals surface area contributed by atoms with Gasteiger partial charge >= 0.3 is 0 Å². The van der Waals surface area contributed by atoms with E-state index in [9.17, 15) is 14.4 Å². The highest BCUT2D eigenvalue weighted by molar-refractivity contribution is 5.89. The Morgan fingerprint density at radius 1 is 1.18 bits per heavy atom. The summed E-state index contributed by atoms with van der Waals surface area (Å²) in [5, 5.41) is 3.10. The molecule has 0 unspecified atom stereocenters. The van der Waals surface area contributed by atoms with E-state index in [4.69, 9.17) is 11.5 Å². The molecule has 1 fully saturated rings. The molecule has 17 heavy (non-hydrogen) atoms. The van der Waals surface area contributed by atoms with Gasteiger partial charge in [-0.05, 0) is 19.4 Å². The predicted octanol–water partition coefficient (Wildman–Crippen LogP) is -2.21. The van der Waals surface area contributed by atoms with Gasteiger partial charge in [-0.15, -0.1) is 0 Å². The fourth-order valence-electron chi connectivity index (χ4n) is 1.91. The van der Waals surface area contributed by atoms with Crippen molar-refractivity contribution in [3.63, 3.8) is 0 Å². The van der Waals surface area contributed by atoms with Crippen molar-refractivity contribution in [3.8, 4) is 0 Å². The molecular weight excluding hydrogens is 224 g/mol. The Hall–Kier alpha value is -1.63. The monoisotopic (exact) mass is 242 g/mol. The summed E-state index contributed by atoms with van der Waals surface area (Å²) in [6.45, 7) is 0.915. The van der Waals surface area contributed by atoms with Gasteiger partial charge in [0, 0.05) is 6.54 Å². The molecule has 5 N–H and O–H groups in total. The molecule has 96 valence electrons. The fourth-order valence-corrected chi connectivity index (χ4v) is 1.91. The van der Waals surface area contributed by atoms with Gasteiger partial charge in [0.25, 0.3) is 0 Å². The van der Waals surface area contributed by atoms with E-state index < -0.39 is 11.8 Å². The van der Waals surface area contributed by atoms with Crippen LogP contribution in [0, 0.1) is 5.92 Å². The van der Waals surface area contributed by atoms with Crippen molar-refractivity contribution >= 4 is 17.7 Å². The van der Waals surface area contributed by atoms with Gasteiger partial charge in [0.2, 0.25) is 17.7 Å². The minimum atomic E-state index is -0.650. The van der Waals surface area contributed by atoms with Crippen LogP contribution in [0.2, 0.25) is 0 Å². The maximum Gasteiger partial charge on any atom is 0.237 e. The Bertz CT molecular complexity index is 297. The van der Waals surface area contributed by atoms with Crippen LogP contribution in [0.1, 0.15) is 12.8 Å². The first-order valence-electron chi connectivity index (χ1n) is 5.57. The zero-order chi connectivity index (χ0) is 12.8. The normalized spacial score (nSPS) is 19.6. The second-order valence-corrected chi connectivity index (χ2v) is 4.17. The molecule has 1 rings (SSSR count). The number of nitrogens with two attached hydrogens (primary N) is 2. The first-order valence-corrected chi connectivity index (χ1v) is 5.57. The molecular formula is C10H18N4O3. The van der Waals surface area contributed by atoms with Crippen LogP contribution < -0.4 is 16.8 Å². The standard InChI is InChI=1S/C10H18N4O3/c11-8(15)5-14(6-9(12)16)10(17)7-2-1-3-13-4-7/h7,13H,1-6H2,(H2,11,15)(H2,12,16)/t7-/m1/s1. The Balaban J connectivity index is 2.63. The maximum atomic E-state index is 12.0. The average molecular weight is 242 g/mol. The van der Waals surface area contributed by atoms with E-state index in [-0.39, 0.29) is 24.9 Å². The summed E-state index contributed by atoms with van der Waals surface area (Å²) in [6.07, 6.45) is 1.65. The number of carbonyl (C=O) groups excluding carboxylic acids is 3. The summed E-state index contributed by atoms with van der Waals surface area (Å²) in [5.74, 6) is -1.75. The van der Waals surface area contributed by atoms with Crippen molar-refractivity contribution in [3.05, 3.63) is 0 Å². The highest BCUT2D eigenvalue weighted by Crippen LogP contribution is 2.13. The number of amides is 3. The van der Waals surface area contributed by atoms with E-state index in [1.807, 2.05) is 0 Å². The van der Waals surface area contributed by atoms with E-state index in [2.05, 4.69) is 5.32 Å². The smallest absolute Gasteiger partial charge is 0.237 e. The van der Waals surface area contributed by atoms with Crippen molar-refractivity contribution in [2.45, 2.75) is 12.8 Å². The second kappa shape index (κ2) is 6.19. The molecule has 1 aliphatic heterocycles. The Morgan fingerprint density at radius 3 is 2.18 bits per heavy atom.